The Labute approximate surface area is 156 Å². The molecule has 0 spiro atoms. The maximum atomic E-state index is 12.0. The number of hydrogen-bond acceptors (Lipinski definition) is 5. The van der Waals surface area contributed by atoms with Gasteiger partial charge in [-0.1, -0.05) is 32.9 Å². The van der Waals surface area contributed by atoms with Crippen LogP contribution < -0.4 is 10.1 Å². The van der Waals surface area contributed by atoms with Gasteiger partial charge >= 0.3 is 12.1 Å². The van der Waals surface area contributed by atoms with E-state index in [4.69, 9.17) is 14.2 Å². The highest BCUT2D eigenvalue weighted by Crippen LogP contribution is 2.19. The zero-order valence-corrected chi connectivity index (χ0v) is 16.8. The van der Waals surface area contributed by atoms with Gasteiger partial charge in [-0.05, 0) is 43.9 Å². The van der Waals surface area contributed by atoms with E-state index in [1.54, 1.807) is 20.8 Å². The van der Waals surface area contributed by atoms with Gasteiger partial charge in [0.25, 0.3) is 0 Å². The third-order valence-corrected chi connectivity index (χ3v) is 3.21. The molecule has 0 fully saturated rings. The van der Waals surface area contributed by atoms with E-state index < -0.39 is 23.7 Å². The van der Waals surface area contributed by atoms with Crippen LogP contribution >= 0.6 is 0 Å². The van der Waals surface area contributed by atoms with Crippen LogP contribution in [0, 0.1) is 5.41 Å². The Bertz CT molecular complexity index is 596. The number of rotatable bonds is 6. The Morgan fingerprint density at radius 1 is 1.04 bits per heavy atom. The van der Waals surface area contributed by atoms with E-state index in [2.05, 4.69) is 26.1 Å². The van der Waals surface area contributed by atoms with Crippen molar-refractivity contribution >= 4 is 12.1 Å². The molecule has 1 amide bonds. The Balaban J connectivity index is 2.73. The molecule has 0 heterocycles. The second-order valence-corrected chi connectivity index (χ2v) is 8.42. The van der Waals surface area contributed by atoms with E-state index in [1.807, 2.05) is 24.3 Å². The molecular formula is C20H31NO5. The molecule has 0 saturated heterocycles. The van der Waals surface area contributed by atoms with Crippen LogP contribution in [0.4, 0.5) is 4.79 Å². The van der Waals surface area contributed by atoms with E-state index in [0.29, 0.717) is 13.0 Å². The summed E-state index contributed by atoms with van der Waals surface area (Å²) in [6, 6.07) is 6.61. The van der Waals surface area contributed by atoms with Gasteiger partial charge in [0, 0.05) is 6.42 Å². The summed E-state index contributed by atoms with van der Waals surface area (Å²) in [6.45, 7) is 12.2. The highest BCUT2D eigenvalue weighted by molar-refractivity contribution is 5.81. The Kier molecular flexibility index (Phi) is 7.48. The molecule has 0 aromatic heterocycles. The molecular weight excluding hydrogens is 334 g/mol. The summed E-state index contributed by atoms with van der Waals surface area (Å²) in [6.07, 6.45) is -0.358. The van der Waals surface area contributed by atoms with Crippen molar-refractivity contribution in [2.24, 2.45) is 5.41 Å². The van der Waals surface area contributed by atoms with Gasteiger partial charge in [0.15, 0.2) is 0 Å². The van der Waals surface area contributed by atoms with Crippen LogP contribution in [0.3, 0.4) is 0 Å². The molecule has 6 nitrogen and oxygen atoms in total. The van der Waals surface area contributed by atoms with Gasteiger partial charge in [0.05, 0.1) is 13.7 Å². The number of amides is 1. The molecule has 146 valence electrons. The normalized spacial score (nSPS) is 12.9. The molecule has 0 saturated carbocycles. The number of carbonyl (C=O) groups is 2. The molecule has 1 aromatic carbocycles. The molecule has 0 aliphatic heterocycles. The van der Waals surface area contributed by atoms with Gasteiger partial charge in [-0.25, -0.2) is 9.59 Å². The summed E-state index contributed by atoms with van der Waals surface area (Å²) in [4.78, 5) is 23.9. The van der Waals surface area contributed by atoms with E-state index in [-0.39, 0.29) is 5.41 Å². The second-order valence-electron chi connectivity index (χ2n) is 8.42. The molecule has 26 heavy (non-hydrogen) atoms. The number of esters is 1. The molecule has 6 heteroatoms. The van der Waals surface area contributed by atoms with Crippen LogP contribution in [0.2, 0.25) is 0 Å². The highest BCUT2D eigenvalue weighted by atomic mass is 16.6. The summed E-state index contributed by atoms with van der Waals surface area (Å²) in [5.41, 5.74) is 0.308. The van der Waals surface area contributed by atoms with Crippen LogP contribution in [0.15, 0.2) is 24.3 Å². The topological polar surface area (TPSA) is 73.9 Å². The predicted octanol–water partition coefficient (Wildman–Crippen LogP) is 3.72. The van der Waals surface area contributed by atoms with Gasteiger partial charge in [-0.3, -0.25) is 0 Å². The molecule has 1 rings (SSSR count). The van der Waals surface area contributed by atoms with Gasteiger partial charge in [0.1, 0.15) is 17.4 Å². The van der Waals surface area contributed by atoms with E-state index in [9.17, 15) is 9.59 Å². The number of ether oxygens (including phenoxy) is 3. The van der Waals surface area contributed by atoms with Crippen LogP contribution in [0.1, 0.15) is 47.1 Å². The van der Waals surface area contributed by atoms with Crippen molar-refractivity contribution < 1.29 is 23.8 Å². The molecule has 0 unspecified atom stereocenters. The first-order valence-electron chi connectivity index (χ1n) is 8.69. The lowest BCUT2D eigenvalue weighted by Gasteiger charge is -2.22. The molecule has 0 aliphatic carbocycles. The van der Waals surface area contributed by atoms with Crippen molar-refractivity contribution in [2.75, 3.05) is 13.7 Å². The molecule has 0 radical (unpaired) electrons. The zero-order chi connectivity index (χ0) is 20.0. The third kappa shape index (κ3) is 8.74. The Hall–Kier alpha value is -2.24. The fourth-order valence-electron chi connectivity index (χ4n) is 2.04. The summed E-state index contributed by atoms with van der Waals surface area (Å²) < 4.78 is 15.7. The SMILES string of the molecule is COC(=O)[C@H](Cc1ccc(OCC(C)(C)C)cc1)NC(=O)OC(C)(C)C. The monoisotopic (exact) mass is 365 g/mol. The lowest BCUT2D eigenvalue weighted by molar-refractivity contribution is -0.143. The summed E-state index contributed by atoms with van der Waals surface area (Å²) in [7, 11) is 1.29. The van der Waals surface area contributed by atoms with Crippen LogP contribution in [0.5, 0.6) is 5.75 Å². The standard InChI is InChI=1S/C20H31NO5/c1-19(2,3)13-25-15-10-8-14(9-11-15)12-16(17(22)24-7)21-18(23)26-20(4,5)6/h8-11,16H,12-13H2,1-7H3,(H,21,23)/t16-/m0/s1. The number of methoxy groups -OCH3 is 1. The maximum Gasteiger partial charge on any atom is 0.408 e. The minimum absolute atomic E-state index is 0.0754. The summed E-state index contributed by atoms with van der Waals surface area (Å²) in [5, 5.41) is 2.57. The minimum atomic E-state index is -0.823. The van der Waals surface area contributed by atoms with Gasteiger partial charge in [-0.15, -0.1) is 0 Å². The first-order valence-corrected chi connectivity index (χ1v) is 8.69. The highest BCUT2D eigenvalue weighted by Gasteiger charge is 2.25. The average Bonchev–Trinajstić information content (AvgIpc) is 2.50. The first-order chi connectivity index (χ1) is 11.9. The number of nitrogens with one attached hydrogen (secondary N) is 1. The first kappa shape index (κ1) is 21.8. The summed E-state index contributed by atoms with van der Waals surface area (Å²) >= 11 is 0. The fraction of sp³-hybridized carbons (Fsp3) is 0.600. The predicted molar refractivity (Wildman–Crippen MR) is 100 cm³/mol. The van der Waals surface area contributed by atoms with Crippen LogP contribution in [0.25, 0.3) is 0 Å². The van der Waals surface area contributed by atoms with Gasteiger partial charge in [0.2, 0.25) is 0 Å². The van der Waals surface area contributed by atoms with E-state index in [0.717, 1.165) is 11.3 Å². The van der Waals surface area contributed by atoms with Crippen molar-refractivity contribution in [3.05, 3.63) is 29.8 Å². The number of benzene rings is 1. The second kappa shape index (κ2) is 8.92. The average molecular weight is 365 g/mol. The minimum Gasteiger partial charge on any atom is -0.493 e. The lowest BCUT2D eigenvalue weighted by atomic mass is 9.99. The lowest BCUT2D eigenvalue weighted by Crippen LogP contribution is -2.45. The van der Waals surface area contributed by atoms with Crippen molar-refractivity contribution in [3.8, 4) is 5.75 Å². The molecule has 1 N–H and O–H groups in total. The smallest absolute Gasteiger partial charge is 0.408 e. The number of alkyl carbamates (subject to hydrolysis) is 1. The zero-order valence-electron chi connectivity index (χ0n) is 16.8. The van der Waals surface area contributed by atoms with Crippen molar-refractivity contribution in [1.82, 2.24) is 5.32 Å². The van der Waals surface area contributed by atoms with Gasteiger partial charge < -0.3 is 19.5 Å². The summed E-state index contributed by atoms with van der Waals surface area (Å²) in [5.74, 6) is 0.238. The van der Waals surface area contributed by atoms with Crippen LogP contribution in [-0.4, -0.2) is 37.4 Å². The number of hydrogen-bond donors (Lipinski definition) is 1. The fourth-order valence-corrected chi connectivity index (χ4v) is 2.04. The van der Waals surface area contributed by atoms with Crippen molar-refractivity contribution in [2.45, 2.75) is 59.6 Å². The molecule has 1 atom stereocenters. The Morgan fingerprint density at radius 3 is 2.08 bits per heavy atom. The molecule has 0 aliphatic rings. The van der Waals surface area contributed by atoms with Gasteiger partial charge in [-0.2, -0.15) is 0 Å². The molecule has 1 aromatic rings. The third-order valence-electron chi connectivity index (χ3n) is 3.21. The molecule has 0 bridgehead atoms. The number of carbonyl (C=O) groups excluding carboxylic acids is 2. The maximum absolute atomic E-state index is 12.0. The van der Waals surface area contributed by atoms with E-state index in [1.165, 1.54) is 7.11 Å². The van der Waals surface area contributed by atoms with E-state index >= 15 is 0 Å². The largest absolute Gasteiger partial charge is 0.493 e. The van der Waals surface area contributed by atoms with Crippen LogP contribution in [-0.2, 0) is 20.7 Å². The quantitative estimate of drug-likeness (QED) is 0.778. The van der Waals surface area contributed by atoms with Crippen molar-refractivity contribution in [1.29, 1.82) is 0 Å². The Morgan fingerprint density at radius 2 is 1.62 bits per heavy atom. The van der Waals surface area contributed by atoms with Crippen molar-refractivity contribution in [3.63, 3.8) is 0 Å².